The van der Waals surface area contributed by atoms with E-state index >= 15 is 0 Å². The van der Waals surface area contributed by atoms with Crippen LogP contribution < -0.4 is 10.1 Å². The second-order valence-electron chi connectivity index (χ2n) is 8.66. The molecule has 11 nitrogen and oxygen atoms in total. The van der Waals surface area contributed by atoms with E-state index in [-0.39, 0.29) is 19.3 Å². The number of aryl methyl sites for hydroxylation is 2. The maximum Gasteiger partial charge on any atom is 0.407 e. The summed E-state index contributed by atoms with van der Waals surface area (Å²) in [5.41, 5.74) is 2.53. The number of carboxylic acids is 1. The van der Waals surface area contributed by atoms with Gasteiger partial charge in [0.15, 0.2) is 0 Å². The van der Waals surface area contributed by atoms with E-state index in [0.29, 0.717) is 47.1 Å². The summed E-state index contributed by atoms with van der Waals surface area (Å²) in [6.07, 6.45) is 3.25. The predicted octanol–water partition coefficient (Wildman–Crippen LogP) is 3.17. The fraction of sp³-hybridized carbons (Fsp3) is 0.417. The number of hydrogen-bond acceptors (Lipinski definition) is 8. The molecule has 1 fully saturated rings. The molecule has 0 unspecified atom stereocenters. The highest BCUT2D eigenvalue weighted by Gasteiger charge is 2.29. The number of benzene rings is 1. The summed E-state index contributed by atoms with van der Waals surface area (Å²) in [7, 11) is 1.69. The van der Waals surface area contributed by atoms with Gasteiger partial charge in [-0.2, -0.15) is 0 Å². The van der Waals surface area contributed by atoms with Crippen molar-refractivity contribution < 1.29 is 28.6 Å². The number of aliphatic carboxylic acids is 1. The zero-order chi connectivity index (χ0) is 25.7. The van der Waals surface area contributed by atoms with Crippen LogP contribution in [0, 0.1) is 18.7 Å². The average Bonchev–Trinajstić information content (AvgIpc) is 3.23. The molecule has 12 heteroatoms. The molecule has 4 rings (SSSR count). The van der Waals surface area contributed by atoms with Gasteiger partial charge in [0.05, 0.1) is 24.4 Å². The molecule has 1 saturated carbocycles. The Bertz CT molecular complexity index is 1250. The molecule has 36 heavy (non-hydrogen) atoms. The van der Waals surface area contributed by atoms with Crippen molar-refractivity contribution in [2.45, 2.75) is 51.9 Å². The van der Waals surface area contributed by atoms with E-state index in [2.05, 4.69) is 25.6 Å². The third-order valence-corrected chi connectivity index (χ3v) is 6.00. The summed E-state index contributed by atoms with van der Waals surface area (Å²) in [6.45, 7) is 1.75. The smallest absolute Gasteiger partial charge is 0.407 e. The maximum atomic E-state index is 13.3. The SMILES string of the molecule is Cc1nc(-c2nnn(C)c2CNC(=O)OCc2cccc(F)c2)cnc1O[C@H]1CCC[C@H](C(=O)O)C1. The van der Waals surface area contributed by atoms with E-state index in [0.717, 1.165) is 12.8 Å². The van der Waals surface area contributed by atoms with E-state index in [1.165, 1.54) is 23.0 Å². The van der Waals surface area contributed by atoms with Gasteiger partial charge in [0.2, 0.25) is 5.88 Å². The van der Waals surface area contributed by atoms with E-state index in [4.69, 9.17) is 9.47 Å². The minimum absolute atomic E-state index is 0.0679. The first-order chi connectivity index (χ1) is 17.3. The van der Waals surface area contributed by atoms with Crippen molar-refractivity contribution in [3.8, 4) is 17.3 Å². The summed E-state index contributed by atoms with van der Waals surface area (Å²) in [5.74, 6) is -1.27. The van der Waals surface area contributed by atoms with Crippen LogP contribution in [0.25, 0.3) is 11.4 Å². The zero-order valence-electron chi connectivity index (χ0n) is 20.0. The summed E-state index contributed by atoms with van der Waals surface area (Å²) >= 11 is 0. The van der Waals surface area contributed by atoms with Gasteiger partial charge in [-0.05, 0) is 50.3 Å². The quantitative estimate of drug-likeness (QED) is 0.479. The summed E-state index contributed by atoms with van der Waals surface area (Å²) in [4.78, 5) is 32.4. The zero-order valence-corrected chi connectivity index (χ0v) is 20.0. The van der Waals surface area contributed by atoms with Crippen molar-refractivity contribution in [1.29, 1.82) is 0 Å². The van der Waals surface area contributed by atoms with Crippen molar-refractivity contribution in [2.24, 2.45) is 13.0 Å². The van der Waals surface area contributed by atoms with Crippen molar-refractivity contribution in [2.75, 3.05) is 0 Å². The first-order valence-electron chi connectivity index (χ1n) is 11.6. The molecule has 0 radical (unpaired) electrons. The Balaban J connectivity index is 1.38. The number of carboxylic acid groups (broad SMARTS) is 1. The van der Waals surface area contributed by atoms with Gasteiger partial charge in [0, 0.05) is 7.05 Å². The number of carbonyl (C=O) groups is 2. The molecule has 1 aliphatic carbocycles. The molecular formula is C24H27FN6O5. The Morgan fingerprint density at radius 3 is 2.89 bits per heavy atom. The lowest BCUT2D eigenvalue weighted by Gasteiger charge is -2.27. The molecule has 0 bridgehead atoms. The molecule has 2 aromatic heterocycles. The van der Waals surface area contributed by atoms with E-state index < -0.39 is 23.8 Å². The minimum atomic E-state index is -0.803. The van der Waals surface area contributed by atoms with Gasteiger partial charge >= 0.3 is 12.1 Å². The molecule has 0 saturated heterocycles. The van der Waals surface area contributed by atoms with Crippen LogP contribution >= 0.6 is 0 Å². The van der Waals surface area contributed by atoms with E-state index in [9.17, 15) is 19.1 Å². The number of nitrogens with one attached hydrogen (secondary N) is 1. The van der Waals surface area contributed by atoms with E-state index in [1.807, 2.05) is 0 Å². The molecule has 2 heterocycles. The summed E-state index contributed by atoms with van der Waals surface area (Å²) in [5, 5.41) is 20.1. The van der Waals surface area contributed by atoms with Crippen molar-refractivity contribution in [3.05, 3.63) is 53.2 Å². The number of carbonyl (C=O) groups excluding carboxylic acids is 1. The Labute approximate surface area is 206 Å². The average molecular weight is 499 g/mol. The number of ether oxygens (including phenoxy) is 2. The van der Waals surface area contributed by atoms with Crippen LogP contribution in [0.5, 0.6) is 5.88 Å². The lowest BCUT2D eigenvalue weighted by molar-refractivity contribution is -0.143. The van der Waals surface area contributed by atoms with Gasteiger partial charge in [0.25, 0.3) is 0 Å². The highest BCUT2D eigenvalue weighted by molar-refractivity contribution is 5.70. The van der Waals surface area contributed by atoms with Crippen LogP contribution in [0.2, 0.25) is 0 Å². The molecule has 3 aromatic rings. The monoisotopic (exact) mass is 498 g/mol. The minimum Gasteiger partial charge on any atom is -0.481 e. The van der Waals surface area contributed by atoms with Crippen LogP contribution in [-0.4, -0.2) is 48.2 Å². The Morgan fingerprint density at radius 1 is 1.31 bits per heavy atom. The van der Waals surface area contributed by atoms with Gasteiger partial charge in [-0.25, -0.2) is 23.8 Å². The number of nitrogens with zero attached hydrogens (tertiary/aromatic N) is 5. The molecule has 1 amide bonds. The lowest BCUT2D eigenvalue weighted by atomic mass is 9.87. The van der Waals surface area contributed by atoms with Gasteiger partial charge in [-0.1, -0.05) is 17.3 Å². The van der Waals surface area contributed by atoms with Gasteiger partial charge in [-0.15, -0.1) is 5.10 Å². The van der Waals surface area contributed by atoms with Crippen LogP contribution in [0.1, 0.15) is 42.6 Å². The molecule has 2 atom stereocenters. The first-order valence-corrected chi connectivity index (χ1v) is 11.6. The lowest BCUT2D eigenvalue weighted by Crippen LogP contribution is -2.30. The largest absolute Gasteiger partial charge is 0.481 e. The molecular weight excluding hydrogens is 471 g/mol. The predicted molar refractivity (Wildman–Crippen MR) is 124 cm³/mol. The normalized spacial score (nSPS) is 17.4. The maximum absolute atomic E-state index is 13.3. The molecule has 1 aliphatic rings. The van der Waals surface area contributed by atoms with Gasteiger partial charge < -0.3 is 19.9 Å². The van der Waals surface area contributed by atoms with Crippen LogP contribution in [0.3, 0.4) is 0 Å². The molecule has 0 spiro atoms. The Hall–Kier alpha value is -4.09. The molecule has 1 aromatic carbocycles. The van der Waals surface area contributed by atoms with Crippen LogP contribution in [0.15, 0.2) is 30.5 Å². The molecule has 2 N–H and O–H groups in total. The number of hydrogen-bond donors (Lipinski definition) is 2. The molecule has 190 valence electrons. The Morgan fingerprint density at radius 2 is 2.14 bits per heavy atom. The summed E-state index contributed by atoms with van der Waals surface area (Å²) in [6, 6.07) is 5.81. The number of amides is 1. The topological polar surface area (TPSA) is 141 Å². The second-order valence-corrected chi connectivity index (χ2v) is 8.66. The van der Waals surface area contributed by atoms with E-state index in [1.54, 1.807) is 26.1 Å². The number of aromatic nitrogens is 5. The highest BCUT2D eigenvalue weighted by atomic mass is 19.1. The standard InChI is InChI=1S/C24H27FN6O5/c1-14-22(36-18-8-4-6-16(10-18)23(32)33)26-11-19(28-14)21-20(31(2)30-29-21)12-27-24(34)35-13-15-5-3-7-17(25)9-15/h3,5,7,9,11,16,18H,4,6,8,10,12-13H2,1-2H3,(H,27,34)(H,32,33)/t16-,18-/m0/s1. The third kappa shape index (κ3) is 6.12. The third-order valence-electron chi connectivity index (χ3n) is 6.00. The number of rotatable bonds is 8. The van der Waals surface area contributed by atoms with Gasteiger partial charge in [-0.3, -0.25) is 4.79 Å². The van der Waals surface area contributed by atoms with Crippen molar-refractivity contribution in [1.82, 2.24) is 30.3 Å². The van der Waals surface area contributed by atoms with Crippen LogP contribution in [-0.2, 0) is 29.7 Å². The fourth-order valence-corrected chi connectivity index (χ4v) is 4.09. The number of halogens is 1. The van der Waals surface area contributed by atoms with Gasteiger partial charge in [0.1, 0.15) is 35.6 Å². The number of alkyl carbamates (subject to hydrolysis) is 1. The first kappa shape index (κ1) is 25.0. The van der Waals surface area contributed by atoms with Crippen molar-refractivity contribution >= 4 is 12.1 Å². The Kier molecular flexibility index (Phi) is 7.71. The van der Waals surface area contributed by atoms with Crippen molar-refractivity contribution in [3.63, 3.8) is 0 Å². The summed E-state index contributed by atoms with van der Waals surface area (Å²) < 4.78 is 25.9. The van der Waals surface area contributed by atoms with Crippen LogP contribution in [0.4, 0.5) is 9.18 Å². The second kappa shape index (κ2) is 11.1. The fourth-order valence-electron chi connectivity index (χ4n) is 4.09. The molecule has 0 aliphatic heterocycles. The highest BCUT2D eigenvalue weighted by Crippen LogP contribution is 2.29.